The van der Waals surface area contributed by atoms with Crippen LogP contribution in [0.2, 0.25) is 0 Å². The molecule has 0 aliphatic heterocycles. The van der Waals surface area contributed by atoms with Gasteiger partial charge in [-0.1, -0.05) is 26.0 Å². The van der Waals surface area contributed by atoms with Crippen molar-refractivity contribution >= 4 is 26.0 Å². The zero-order chi connectivity index (χ0) is 24.1. The molecule has 2 rings (SSSR count). The monoisotopic (exact) mass is 483 g/mol. The van der Waals surface area contributed by atoms with Crippen LogP contribution in [0.3, 0.4) is 0 Å². The molecule has 0 radical (unpaired) electrons. The van der Waals surface area contributed by atoms with Crippen LogP contribution in [0.5, 0.6) is 5.75 Å². The fourth-order valence-electron chi connectivity index (χ4n) is 3.00. The topological polar surface area (TPSA) is 113 Å². The summed E-state index contributed by atoms with van der Waals surface area (Å²) in [6, 6.07) is 10.4. The van der Waals surface area contributed by atoms with Crippen molar-refractivity contribution in [2.24, 2.45) is 0 Å². The first-order chi connectivity index (χ1) is 15.0. The summed E-state index contributed by atoms with van der Waals surface area (Å²) in [5, 5.41) is 2.72. The number of methoxy groups -OCH3 is 1. The molecule has 0 bridgehead atoms. The minimum Gasteiger partial charge on any atom is -0.495 e. The molecule has 1 amide bonds. The molecule has 0 atom stereocenters. The zero-order valence-electron chi connectivity index (χ0n) is 18.8. The number of rotatable bonds is 10. The molecule has 0 saturated heterocycles. The van der Waals surface area contributed by atoms with Crippen LogP contribution >= 0.6 is 0 Å². The van der Waals surface area contributed by atoms with Crippen LogP contribution in [0, 0.1) is 0 Å². The van der Waals surface area contributed by atoms with Crippen LogP contribution in [0.25, 0.3) is 0 Å². The second-order valence-electron chi connectivity index (χ2n) is 7.07. The number of hydrogen-bond donors (Lipinski definition) is 1. The lowest BCUT2D eigenvalue weighted by Gasteiger charge is -2.20. The van der Waals surface area contributed by atoms with E-state index in [0.717, 1.165) is 4.31 Å². The van der Waals surface area contributed by atoms with E-state index in [2.05, 4.69) is 5.32 Å². The highest BCUT2D eigenvalue weighted by Crippen LogP contribution is 2.28. The van der Waals surface area contributed by atoms with E-state index in [1.165, 1.54) is 55.8 Å². The molecule has 0 saturated carbocycles. The first kappa shape index (κ1) is 25.8. The summed E-state index contributed by atoms with van der Waals surface area (Å²) in [6.07, 6.45) is 0. The molecule has 0 aliphatic rings. The van der Waals surface area contributed by atoms with Gasteiger partial charge in [0.05, 0.1) is 12.0 Å². The predicted octanol–water partition coefficient (Wildman–Crippen LogP) is 1.91. The van der Waals surface area contributed by atoms with Crippen molar-refractivity contribution in [3.8, 4) is 5.75 Å². The van der Waals surface area contributed by atoms with Crippen molar-refractivity contribution in [2.75, 3.05) is 34.3 Å². The molecular formula is C21H29N3O6S2. The van der Waals surface area contributed by atoms with E-state index in [9.17, 15) is 21.6 Å². The number of ether oxygens (including phenoxy) is 1. The third kappa shape index (κ3) is 5.47. The Hall–Kier alpha value is -2.47. The quantitative estimate of drug-likeness (QED) is 0.552. The Balaban J connectivity index is 2.22. The van der Waals surface area contributed by atoms with Crippen LogP contribution in [0.15, 0.2) is 52.3 Å². The molecule has 32 heavy (non-hydrogen) atoms. The predicted molar refractivity (Wildman–Crippen MR) is 122 cm³/mol. The molecule has 176 valence electrons. The lowest BCUT2D eigenvalue weighted by molar-refractivity contribution is 0.0950. The summed E-state index contributed by atoms with van der Waals surface area (Å²) in [6.45, 7) is 4.19. The average molecular weight is 484 g/mol. The van der Waals surface area contributed by atoms with Gasteiger partial charge in [0.2, 0.25) is 20.0 Å². The SMILES string of the molecule is CCN(CC)S(=O)(=O)c1cc(C(=O)NCc2ccc(S(=O)(=O)N(C)C)cc2)ccc1OC. The highest BCUT2D eigenvalue weighted by molar-refractivity contribution is 7.89. The summed E-state index contributed by atoms with van der Waals surface area (Å²) >= 11 is 0. The summed E-state index contributed by atoms with van der Waals surface area (Å²) in [5.41, 5.74) is 0.865. The normalized spacial score (nSPS) is 12.2. The Morgan fingerprint density at radius 3 is 2.03 bits per heavy atom. The lowest BCUT2D eigenvalue weighted by Crippen LogP contribution is -2.31. The minimum absolute atomic E-state index is 0.0744. The second kappa shape index (κ2) is 10.4. The number of hydrogen-bond acceptors (Lipinski definition) is 6. The zero-order valence-corrected chi connectivity index (χ0v) is 20.5. The number of carbonyl (C=O) groups is 1. The average Bonchev–Trinajstić information content (AvgIpc) is 2.77. The molecule has 2 aromatic rings. The van der Waals surface area contributed by atoms with Gasteiger partial charge in [-0.2, -0.15) is 4.31 Å². The fourth-order valence-corrected chi connectivity index (χ4v) is 5.54. The van der Waals surface area contributed by atoms with Gasteiger partial charge in [0.25, 0.3) is 5.91 Å². The van der Waals surface area contributed by atoms with Crippen LogP contribution < -0.4 is 10.1 Å². The standard InChI is InChI=1S/C21H29N3O6S2/c1-6-24(7-2)32(28,29)20-14-17(10-13-19(20)30-5)21(25)22-15-16-8-11-18(12-9-16)31(26,27)23(3)4/h8-14H,6-7,15H2,1-5H3,(H,22,25). The molecular weight excluding hydrogens is 454 g/mol. The van der Waals surface area contributed by atoms with Crippen LogP contribution in [-0.2, 0) is 26.6 Å². The van der Waals surface area contributed by atoms with Gasteiger partial charge in [-0.05, 0) is 35.9 Å². The second-order valence-corrected chi connectivity index (χ2v) is 11.1. The third-order valence-electron chi connectivity index (χ3n) is 4.90. The number of nitrogens with zero attached hydrogens (tertiary/aromatic N) is 2. The van der Waals surface area contributed by atoms with Gasteiger partial charge in [0.15, 0.2) is 0 Å². The summed E-state index contributed by atoms with van der Waals surface area (Å²) < 4.78 is 57.8. The first-order valence-electron chi connectivity index (χ1n) is 9.96. The van der Waals surface area contributed by atoms with Crippen LogP contribution in [0.4, 0.5) is 0 Å². The Bertz CT molecular complexity index is 1160. The van der Waals surface area contributed by atoms with Gasteiger partial charge in [0, 0.05) is 39.3 Å². The number of sulfonamides is 2. The molecule has 0 unspecified atom stereocenters. The molecule has 0 heterocycles. The van der Waals surface area contributed by atoms with Crippen LogP contribution in [-0.4, -0.2) is 65.6 Å². The minimum atomic E-state index is -3.83. The van der Waals surface area contributed by atoms with Gasteiger partial charge in [0.1, 0.15) is 10.6 Å². The molecule has 0 aliphatic carbocycles. The number of amides is 1. The summed E-state index contributed by atoms with van der Waals surface area (Å²) in [5.74, 6) is -0.306. The summed E-state index contributed by atoms with van der Waals surface area (Å²) in [4.78, 5) is 12.7. The van der Waals surface area contributed by atoms with E-state index < -0.39 is 26.0 Å². The highest BCUT2D eigenvalue weighted by Gasteiger charge is 2.26. The van der Waals surface area contributed by atoms with Crippen molar-refractivity contribution in [1.82, 2.24) is 13.9 Å². The number of carbonyl (C=O) groups excluding carboxylic acids is 1. The van der Waals surface area contributed by atoms with E-state index in [4.69, 9.17) is 4.74 Å². The van der Waals surface area contributed by atoms with Crippen molar-refractivity contribution in [2.45, 2.75) is 30.2 Å². The van der Waals surface area contributed by atoms with Gasteiger partial charge in [-0.25, -0.2) is 21.1 Å². The third-order valence-corrected chi connectivity index (χ3v) is 8.80. The maximum absolute atomic E-state index is 13.0. The Morgan fingerprint density at radius 2 is 1.53 bits per heavy atom. The summed E-state index contributed by atoms with van der Waals surface area (Å²) in [7, 11) is -3.08. The van der Waals surface area contributed by atoms with Gasteiger partial charge in [-0.15, -0.1) is 0 Å². The van der Waals surface area contributed by atoms with E-state index in [0.29, 0.717) is 5.56 Å². The molecule has 0 fully saturated rings. The van der Waals surface area contributed by atoms with Crippen LogP contribution in [0.1, 0.15) is 29.8 Å². The molecule has 9 nitrogen and oxygen atoms in total. The van der Waals surface area contributed by atoms with E-state index in [1.807, 2.05) is 0 Å². The van der Waals surface area contributed by atoms with Crippen molar-refractivity contribution in [1.29, 1.82) is 0 Å². The van der Waals surface area contributed by atoms with E-state index in [1.54, 1.807) is 26.0 Å². The van der Waals surface area contributed by atoms with Gasteiger partial charge < -0.3 is 10.1 Å². The molecule has 11 heteroatoms. The molecule has 0 aromatic heterocycles. The largest absolute Gasteiger partial charge is 0.495 e. The Morgan fingerprint density at radius 1 is 0.938 bits per heavy atom. The number of nitrogens with one attached hydrogen (secondary N) is 1. The highest BCUT2D eigenvalue weighted by atomic mass is 32.2. The van der Waals surface area contributed by atoms with E-state index in [-0.39, 0.29) is 40.7 Å². The Kier molecular flexibility index (Phi) is 8.41. The van der Waals surface area contributed by atoms with Crippen molar-refractivity contribution in [3.63, 3.8) is 0 Å². The molecule has 0 spiro atoms. The smallest absolute Gasteiger partial charge is 0.251 e. The van der Waals surface area contributed by atoms with Crippen molar-refractivity contribution < 1.29 is 26.4 Å². The first-order valence-corrected chi connectivity index (χ1v) is 12.8. The van der Waals surface area contributed by atoms with Gasteiger partial charge in [-0.3, -0.25) is 4.79 Å². The maximum atomic E-state index is 13.0. The Labute approximate surface area is 190 Å². The molecule has 1 N–H and O–H groups in total. The lowest BCUT2D eigenvalue weighted by atomic mass is 10.2. The van der Waals surface area contributed by atoms with E-state index >= 15 is 0 Å². The maximum Gasteiger partial charge on any atom is 0.251 e. The van der Waals surface area contributed by atoms with Gasteiger partial charge >= 0.3 is 0 Å². The number of benzene rings is 2. The molecule has 2 aromatic carbocycles. The van der Waals surface area contributed by atoms with Crippen molar-refractivity contribution in [3.05, 3.63) is 53.6 Å². The fraction of sp³-hybridized carbons (Fsp3) is 0.381.